The summed E-state index contributed by atoms with van der Waals surface area (Å²) >= 11 is 0. The number of carboxylic acids is 2. The third-order valence-electron chi connectivity index (χ3n) is 7.27. The molecule has 4 rings (SSSR count). The minimum atomic E-state index is -1.22. The van der Waals surface area contributed by atoms with Gasteiger partial charge in [0.15, 0.2) is 0 Å². The number of nitrogens with one attached hydrogen (secondary N) is 1. The number of carbonyl (C=O) groups excluding carboxylic acids is 1. The fourth-order valence-electron chi connectivity index (χ4n) is 5.43. The zero-order valence-corrected chi connectivity index (χ0v) is 24.4. The van der Waals surface area contributed by atoms with Crippen LogP contribution in [0.3, 0.4) is 0 Å². The van der Waals surface area contributed by atoms with Gasteiger partial charge in [0.2, 0.25) is 0 Å². The summed E-state index contributed by atoms with van der Waals surface area (Å²) in [5.41, 5.74) is 3.87. The zero-order valence-electron chi connectivity index (χ0n) is 24.4. The molecule has 230 valence electrons. The van der Waals surface area contributed by atoms with E-state index in [2.05, 4.69) is 5.32 Å². The number of aromatic nitrogens is 1. The van der Waals surface area contributed by atoms with E-state index in [4.69, 9.17) is 5.11 Å². The van der Waals surface area contributed by atoms with Crippen LogP contribution in [-0.4, -0.2) is 55.0 Å². The normalized spacial score (nSPS) is 12.6. The first-order valence-corrected chi connectivity index (χ1v) is 14.3. The molecule has 0 fully saturated rings. The van der Waals surface area contributed by atoms with Gasteiger partial charge in [-0.2, -0.15) is 0 Å². The van der Waals surface area contributed by atoms with Crippen molar-refractivity contribution in [3.05, 3.63) is 102 Å². The predicted molar refractivity (Wildman–Crippen MR) is 164 cm³/mol. The van der Waals surface area contributed by atoms with E-state index in [1.165, 1.54) is 30.3 Å². The zero-order chi connectivity index (χ0) is 32.0. The molecule has 1 amide bonds. The first-order chi connectivity index (χ1) is 21.0. The molecule has 9 nitrogen and oxygen atoms in total. The average molecular weight is 603 g/mol. The topological polar surface area (TPSA) is 149 Å². The summed E-state index contributed by atoms with van der Waals surface area (Å²) in [5, 5.41) is 42.1. The van der Waals surface area contributed by atoms with E-state index < -0.39 is 42.3 Å². The molecule has 0 radical (unpaired) electrons. The highest BCUT2D eigenvalue weighted by atomic mass is 19.1. The van der Waals surface area contributed by atoms with Crippen LogP contribution in [0.25, 0.3) is 22.3 Å². The molecule has 4 aromatic rings. The number of rotatable bonds is 13. The number of carbonyl (C=O) groups is 3. The van der Waals surface area contributed by atoms with Crippen LogP contribution in [0.1, 0.15) is 65.7 Å². The fraction of sp³-hybridized carbons (Fsp3) is 0.265. The number of aliphatic hydroxyl groups excluding tert-OH is 2. The van der Waals surface area contributed by atoms with Gasteiger partial charge >= 0.3 is 11.9 Å². The molecule has 5 N–H and O–H groups in total. The molecule has 44 heavy (non-hydrogen) atoms. The van der Waals surface area contributed by atoms with Crippen molar-refractivity contribution in [2.45, 2.75) is 57.8 Å². The lowest BCUT2D eigenvalue weighted by Gasteiger charge is -2.20. The molecule has 10 heteroatoms. The Morgan fingerprint density at radius 3 is 2.11 bits per heavy atom. The van der Waals surface area contributed by atoms with Gasteiger partial charge in [0.25, 0.3) is 5.91 Å². The Bertz CT molecular complexity index is 1630. The second-order valence-corrected chi connectivity index (χ2v) is 10.9. The molecule has 0 saturated heterocycles. The molecule has 0 spiro atoms. The van der Waals surface area contributed by atoms with Crippen molar-refractivity contribution >= 4 is 23.5 Å². The molecule has 3 aromatic carbocycles. The third-order valence-corrected chi connectivity index (χ3v) is 7.27. The maximum atomic E-state index is 14.2. The van der Waals surface area contributed by atoms with Gasteiger partial charge in [-0.05, 0) is 74.6 Å². The van der Waals surface area contributed by atoms with E-state index in [1.54, 1.807) is 18.2 Å². The lowest BCUT2D eigenvalue weighted by molar-refractivity contribution is -0.139. The summed E-state index contributed by atoms with van der Waals surface area (Å²) in [6.07, 6.45) is -2.49. The highest BCUT2D eigenvalue weighted by molar-refractivity contribution is 6.11. The number of anilines is 1. The molecule has 1 aromatic heterocycles. The summed E-state index contributed by atoms with van der Waals surface area (Å²) in [6, 6.07) is 20.8. The Morgan fingerprint density at radius 1 is 0.841 bits per heavy atom. The second kappa shape index (κ2) is 14.1. The van der Waals surface area contributed by atoms with Gasteiger partial charge in [0, 0.05) is 28.6 Å². The first kappa shape index (κ1) is 32.1. The van der Waals surface area contributed by atoms with Crippen LogP contribution in [0.5, 0.6) is 0 Å². The largest absolute Gasteiger partial charge is 0.481 e. The van der Waals surface area contributed by atoms with E-state index >= 15 is 0 Å². The summed E-state index contributed by atoms with van der Waals surface area (Å²) in [6.45, 7) is 3.81. The number of hydrogen-bond donors (Lipinski definition) is 5. The number of amides is 1. The molecular formula is C34H35FN2O7. The molecule has 0 saturated carbocycles. The highest BCUT2D eigenvalue weighted by Gasteiger charge is 2.30. The number of aliphatic hydroxyl groups is 2. The summed E-state index contributed by atoms with van der Waals surface area (Å²) in [4.78, 5) is 36.7. The van der Waals surface area contributed by atoms with Crippen molar-refractivity contribution in [3.63, 3.8) is 0 Å². The summed E-state index contributed by atoms with van der Waals surface area (Å²) in [7, 11) is 0. The van der Waals surface area contributed by atoms with Gasteiger partial charge < -0.3 is 30.3 Å². The van der Waals surface area contributed by atoms with Crippen molar-refractivity contribution in [1.82, 2.24) is 4.57 Å². The van der Waals surface area contributed by atoms with E-state index in [1.807, 2.05) is 48.7 Å². The molecule has 2 atom stereocenters. The van der Waals surface area contributed by atoms with Gasteiger partial charge in [0.1, 0.15) is 11.5 Å². The quantitative estimate of drug-likeness (QED) is 0.126. The van der Waals surface area contributed by atoms with E-state index in [-0.39, 0.29) is 36.6 Å². The van der Waals surface area contributed by atoms with E-state index in [0.29, 0.717) is 33.6 Å². The number of halogens is 1. The molecule has 0 aliphatic carbocycles. The number of nitrogens with zero attached hydrogens (tertiary/aromatic N) is 1. The SMILES string of the molecule is CC(C)n1c(CCC(O)CC(O)CC(=O)O)c(-c2ccc(F)cc2)c(-c2ccccc2)c1C(=O)Nc1cccc(C(=O)O)c1. The van der Waals surface area contributed by atoms with Crippen LogP contribution < -0.4 is 5.32 Å². The minimum Gasteiger partial charge on any atom is -0.481 e. The average Bonchev–Trinajstić information content (AvgIpc) is 3.32. The Balaban J connectivity index is 1.90. The standard InChI is InChI=1S/C34H35FN2O7/c1-20(2)37-28(16-15-26(38)18-27(39)19-29(40)41)30(22-11-13-24(35)14-12-22)31(21-7-4-3-5-8-21)32(37)33(42)36-25-10-6-9-23(17-25)34(43)44/h3-14,17,20,26-27,38-39H,15-16,18-19H2,1-2H3,(H,36,42)(H,40,41)(H,43,44). The van der Waals surface area contributed by atoms with Crippen LogP contribution in [0.4, 0.5) is 10.1 Å². The van der Waals surface area contributed by atoms with Crippen molar-refractivity contribution in [3.8, 4) is 22.3 Å². The Labute approximate surface area is 254 Å². The van der Waals surface area contributed by atoms with Gasteiger partial charge in [-0.25, -0.2) is 9.18 Å². The van der Waals surface area contributed by atoms with Crippen molar-refractivity contribution < 1.29 is 39.2 Å². The molecule has 0 aliphatic heterocycles. The minimum absolute atomic E-state index is 0.0112. The van der Waals surface area contributed by atoms with Crippen LogP contribution in [0.2, 0.25) is 0 Å². The Morgan fingerprint density at radius 2 is 1.50 bits per heavy atom. The Hall–Kier alpha value is -4.80. The van der Waals surface area contributed by atoms with Crippen molar-refractivity contribution in [2.75, 3.05) is 5.32 Å². The van der Waals surface area contributed by atoms with Crippen LogP contribution in [-0.2, 0) is 11.2 Å². The van der Waals surface area contributed by atoms with Crippen molar-refractivity contribution in [1.29, 1.82) is 0 Å². The van der Waals surface area contributed by atoms with Gasteiger partial charge in [-0.1, -0.05) is 48.5 Å². The summed E-state index contributed by atoms with van der Waals surface area (Å²) < 4.78 is 15.9. The van der Waals surface area contributed by atoms with E-state index in [0.717, 1.165) is 0 Å². The van der Waals surface area contributed by atoms with Gasteiger partial charge in [0.05, 0.1) is 24.2 Å². The Kier molecular flexibility index (Phi) is 10.3. The molecular weight excluding hydrogens is 567 g/mol. The van der Waals surface area contributed by atoms with Crippen LogP contribution >= 0.6 is 0 Å². The molecule has 1 heterocycles. The number of aliphatic carboxylic acids is 1. The second-order valence-electron chi connectivity index (χ2n) is 10.9. The lowest BCUT2D eigenvalue weighted by atomic mass is 9.92. The predicted octanol–water partition coefficient (Wildman–Crippen LogP) is 6.01. The maximum Gasteiger partial charge on any atom is 0.335 e. The van der Waals surface area contributed by atoms with Crippen LogP contribution in [0, 0.1) is 5.82 Å². The number of benzene rings is 3. The van der Waals surface area contributed by atoms with E-state index in [9.17, 15) is 34.1 Å². The smallest absolute Gasteiger partial charge is 0.335 e. The molecule has 0 aliphatic rings. The summed E-state index contributed by atoms with van der Waals surface area (Å²) in [5.74, 6) is -3.23. The lowest BCUT2D eigenvalue weighted by Crippen LogP contribution is -2.23. The first-order valence-electron chi connectivity index (χ1n) is 14.3. The number of hydrogen-bond acceptors (Lipinski definition) is 5. The molecule has 0 bridgehead atoms. The number of carboxylic acid groups (broad SMARTS) is 2. The molecule has 2 unspecified atom stereocenters. The van der Waals surface area contributed by atoms with Gasteiger partial charge in [-0.15, -0.1) is 0 Å². The van der Waals surface area contributed by atoms with Crippen LogP contribution in [0.15, 0.2) is 78.9 Å². The van der Waals surface area contributed by atoms with Crippen molar-refractivity contribution in [2.24, 2.45) is 0 Å². The number of aromatic carboxylic acids is 1. The maximum absolute atomic E-state index is 14.2. The fourth-order valence-corrected chi connectivity index (χ4v) is 5.43. The van der Waals surface area contributed by atoms with Gasteiger partial charge in [-0.3, -0.25) is 9.59 Å². The monoisotopic (exact) mass is 602 g/mol. The highest BCUT2D eigenvalue weighted by Crippen LogP contribution is 2.43. The third kappa shape index (κ3) is 7.58.